The standard InChI is InChI=1S/C19H25ClN4O2/c1-13-16(19(20)24(4)22-13)10-11-18(25)21-12-17(23(2)3)14-6-8-15(26-5)9-7-14/h6-11,17H,12H2,1-5H3,(H,21,25)/b11-10+. The molecule has 0 spiro atoms. The van der Waals surface area contributed by atoms with Crippen molar-refractivity contribution in [3.63, 3.8) is 0 Å². The third-order valence-corrected chi connectivity index (χ3v) is 4.64. The van der Waals surface area contributed by atoms with Crippen molar-refractivity contribution in [3.05, 3.63) is 52.3 Å². The van der Waals surface area contributed by atoms with Gasteiger partial charge in [0.1, 0.15) is 10.9 Å². The molecule has 0 saturated heterocycles. The number of nitrogens with one attached hydrogen (secondary N) is 1. The number of aryl methyl sites for hydroxylation is 2. The first-order valence-electron chi connectivity index (χ1n) is 8.29. The summed E-state index contributed by atoms with van der Waals surface area (Å²) in [6, 6.07) is 7.90. The van der Waals surface area contributed by atoms with Crippen LogP contribution < -0.4 is 10.1 Å². The molecule has 1 aromatic carbocycles. The van der Waals surface area contributed by atoms with E-state index >= 15 is 0 Å². The van der Waals surface area contributed by atoms with Crippen molar-refractivity contribution in [2.45, 2.75) is 13.0 Å². The number of benzene rings is 1. The van der Waals surface area contributed by atoms with Crippen molar-refractivity contribution in [1.82, 2.24) is 20.0 Å². The minimum absolute atomic E-state index is 0.0574. The van der Waals surface area contributed by atoms with Crippen LogP contribution in [0.3, 0.4) is 0 Å². The van der Waals surface area contributed by atoms with Crippen LogP contribution in [0.4, 0.5) is 0 Å². The second kappa shape index (κ2) is 8.87. The van der Waals surface area contributed by atoms with Gasteiger partial charge in [-0.3, -0.25) is 9.48 Å². The van der Waals surface area contributed by atoms with Crippen LogP contribution >= 0.6 is 11.6 Å². The molecule has 1 atom stereocenters. The first kappa shape index (κ1) is 20.0. The summed E-state index contributed by atoms with van der Waals surface area (Å²) in [6.07, 6.45) is 3.18. The zero-order valence-corrected chi connectivity index (χ0v) is 16.5. The predicted molar refractivity (Wildman–Crippen MR) is 104 cm³/mol. The van der Waals surface area contributed by atoms with Gasteiger partial charge < -0.3 is 15.0 Å². The lowest BCUT2D eigenvalue weighted by Gasteiger charge is -2.25. The van der Waals surface area contributed by atoms with E-state index in [1.807, 2.05) is 45.3 Å². The molecule has 0 aliphatic rings. The van der Waals surface area contributed by atoms with E-state index in [2.05, 4.69) is 15.3 Å². The average Bonchev–Trinajstić information content (AvgIpc) is 2.85. The average molecular weight is 377 g/mol. The molecule has 1 heterocycles. The van der Waals surface area contributed by atoms with E-state index in [4.69, 9.17) is 16.3 Å². The number of hydrogen-bond acceptors (Lipinski definition) is 4. The molecule has 1 aromatic heterocycles. The number of halogens is 1. The lowest BCUT2D eigenvalue weighted by molar-refractivity contribution is -0.116. The van der Waals surface area contributed by atoms with E-state index in [-0.39, 0.29) is 11.9 Å². The summed E-state index contributed by atoms with van der Waals surface area (Å²) in [4.78, 5) is 14.3. The Morgan fingerprint density at radius 2 is 2.04 bits per heavy atom. The Morgan fingerprint density at radius 3 is 2.54 bits per heavy atom. The van der Waals surface area contributed by atoms with E-state index in [1.165, 1.54) is 6.08 Å². The number of ether oxygens (including phenoxy) is 1. The molecule has 2 rings (SSSR count). The SMILES string of the molecule is COc1ccc(C(CNC(=O)/C=C/c2c(C)nn(C)c2Cl)N(C)C)cc1. The molecular formula is C19H25ClN4O2. The van der Waals surface area contributed by atoms with Gasteiger partial charge in [0, 0.05) is 25.2 Å². The third kappa shape index (κ3) is 4.86. The zero-order chi connectivity index (χ0) is 19.3. The van der Waals surface area contributed by atoms with Crippen molar-refractivity contribution in [2.24, 2.45) is 7.05 Å². The number of rotatable bonds is 7. The number of methoxy groups -OCH3 is 1. The molecule has 2 aromatic rings. The molecule has 7 heteroatoms. The fourth-order valence-electron chi connectivity index (χ4n) is 2.68. The van der Waals surface area contributed by atoms with Crippen molar-refractivity contribution in [2.75, 3.05) is 27.7 Å². The molecule has 0 bridgehead atoms. The molecule has 6 nitrogen and oxygen atoms in total. The molecule has 0 fully saturated rings. The summed E-state index contributed by atoms with van der Waals surface area (Å²) in [5, 5.41) is 7.67. The van der Waals surface area contributed by atoms with Crippen LogP contribution in [0.5, 0.6) is 5.75 Å². The fraction of sp³-hybridized carbons (Fsp3) is 0.368. The number of amides is 1. The zero-order valence-electron chi connectivity index (χ0n) is 15.8. The van der Waals surface area contributed by atoms with Gasteiger partial charge in [-0.1, -0.05) is 23.7 Å². The van der Waals surface area contributed by atoms with E-state index in [0.717, 1.165) is 22.6 Å². The molecular weight excluding hydrogens is 352 g/mol. The molecule has 0 saturated carbocycles. The molecule has 1 N–H and O–H groups in total. The van der Waals surface area contributed by atoms with Crippen LogP contribution in [0.2, 0.25) is 5.15 Å². The maximum absolute atomic E-state index is 12.2. The van der Waals surface area contributed by atoms with Gasteiger partial charge in [-0.05, 0) is 44.8 Å². The summed E-state index contributed by atoms with van der Waals surface area (Å²) in [7, 11) is 7.37. The highest BCUT2D eigenvalue weighted by Crippen LogP contribution is 2.21. The van der Waals surface area contributed by atoms with Crippen LogP contribution in [0.15, 0.2) is 30.3 Å². The lowest BCUT2D eigenvalue weighted by Crippen LogP contribution is -2.33. The highest BCUT2D eigenvalue weighted by atomic mass is 35.5. The van der Waals surface area contributed by atoms with Gasteiger partial charge in [0.15, 0.2) is 0 Å². The number of carbonyl (C=O) groups excluding carboxylic acids is 1. The highest BCUT2D eigenvalue weighted by molar-refractivity contribution is 6.31. The number of likely N-dealkylation sites (N-methyl/N-ethyl adjacent to an activating group) is 1. The van der Waals surface area contributed by atoms with E-state index in [0.29, 0.717) is 11.7 Å². The number of aromatic nitrogens is 2. The predicted octanol–water partition coefficient (Wildman–Crippen LogP) is 2.82. The second-order valence-electron chi connectivity index (χ2n) is 6.24. The summed E-state index contributed by atoms with van der Waals surface area (Å²) >= 11 is 6.17. The smallest absolute Gasteiger partial charge is 0.244 e. The molecule has 140 valence electrons. The summed E-state index contributed by atoms with van der Waals surface area (Å²) < 4.78 is 6.78. The minimum atomic E-state index is -0.176. The van der Waals surface area contributed by atoms with Gasteiger partial charge >= 0.3 is 0 Å². The van der Waals surface area contributed by atoms with Gasteiger partial charge in [-0.15, -0.1) is 0 Å². The number of hydrogen-bond donors (Lipinski definition) is 1. The minimum Gasteiger partial charge on any atom is -0.497 e. The van der Waals surface area contributed by atoms with Gasteiger partial charge in [0.2, 0.25) is 5.91 Å². The first-order valence-corrected chi connectivity index (χ1v) is 8.66. The quantitative estimate of drug-likeness (QED) is 0.755. The molecule has 0 aliphatic carbocycles. The van der Waals surface area contributed by atoms with Crippen LogP contribution in [0.25, 0.3) is 6.08 Å². The second-order valence-corrected chi connectivity index (χ2v) is 6.60. The van der Waals surface area contributed by atoms with Crippen LogP contribution in [0.1, 0.15) is 22.9 Å². The van der Waals surface area contributed by atoms with Crippen molar-refractivity contribution in [1.29, 1.82) is 0 Å². The summed E-state index contributed by atoms with van der Waals surface area (Å²) in [5.41, 5.74) is 2.64. The topological polar surface area (TPSA) is 59.4 Å². The van der Waals surface area contributed by atoms with Gasteiger partial charge in [0.25, 0.3) is 0 Å². The van der Waals surface area contributed by atoms with E-state index in [1.54, 1.807) is 24.9 Å². The van der Waals surface area contributed by atoms with Gasteiger partial charge in [-0.2, -0.15) is 5.10 Å². The van der Waals surface area contributed by atoms with E-state index < -0.39 is 0 Å². The maximum atomic E-state index is 12.2. The Morgan fingerprint density at radius 1 is 1.38 bits per heavy atom. The van der Waals surface area contributed by atoms with Crippen LogP contribution in [-0.4, -0.2) is 48.3 Å². The maximum Gasteiger partial charge on any atom is 0.244 e. The molecule has 0 aliphatic heterocycles. The normalized spacial score (nSPS) is 12.6. The lowest BCUT2D eigenvalue weighted by atomic mass is 10.1. The Kier molecular flexibility index (Phi) is 6.83. The molecule has 26 heavy (non-hydrogen) atoms. The van der Waals surface area contributed by atoms with Gasteiger partial charge in [0.05, 0.1) is 18.8 Å². The molecule has 0 radical (unpaired) electrons. The summed E-state index contributed by atoms with van der Waals surface area (Å²) in [6.45, 7) is 2.34. The Balaban J connectivity index is 2.01. The Bertz CT molecular complexity index is 782. The highest BCUT2D eigenvalue weighted by Gasteiger charge is 2.15. The van der Waals surface area contributed by atoms with E-state index in [9.17, 15) is 4.79 Å². The first-order chi connectivity index (χ1) is 12.3. The Labute approximate surface area is 159 Å². The number of carbonyl (C=O) groups is 1. The van der Waals surface area contributed by atoms with Gasteiger partial charge in [-0.25, -0.2) is 0 Å². The molecule has 1 amide bonds. The number of nitrogens with zero attached hydrogens (tertiary/aromatic N) is 3. The Hall–Kier alpha value is -2.31. The van der Waals surface area contributed by atoms with Crippen molar-refractivity contribution >= 4 is 23.6 Å². The van der Waals surface area contributed by atoms with Crippen molar-refractivity contribution < 1.29 is 9.53 Å². The van der Waals surface area contributed by atoms with Crippen LogP contribution in [-0.2, 0) is 11.8 Å². The monoisotopic (exact) mass is 376 g/mol. The van der Waals surface area contributed by atoms with Crippen LogP contribution in [0, 0.1) is 6.92 Å². The van der Waals surface area contributed by atoms with Crippen molar-refractivity contribution in [3.8, 4) is 5.75 Å². The third-order valence-electron chi connectivity index (χ3n) is 4.19. The molecule has 1 unspecified atom stereocenters. The fourth-order valence-corrected chi connectivity index (χ4v) is 2.91. The largest absolute Gasteiger partial charge is 0.497 e. The summed E-state index contributed by atoms with van der Waals surface area (Å²) in [5.74, 6) is 0.631.